The first-order valence-electron chi connectivity index (χ1n) is 8.63. The van der Waals surface area contributed by atoms with Gasteiger partial charge in [-0.2, -0.15) is 5.10 Å². The molecular formula is C20H16Cl2N4O3S. The highest BCUT2D eigenvalue weighted by atomic mass is 35.5. The number of carbonyl (C=O) groups excluding carboxylic acids is 1. The van der Waals surface area contributed by atoms with E-state index in [9.17, 15) is 13.2 Å². The number of carbonyl (C=O) groups is 1. The Morgan fingerprint density at radius 1 is 1.03 bits per heavy atom. The van der Waals surface area contributed by atoms with Crippen molar-refractivity contribution in [1.82, 2.24) is 10.4 Å². The highest BCUT2D eigenvalue weighted by Crippen LogP contribution is 2.30. The quantitative estimate of drug-likeness (QED) is 0.427. The van der Waals surface area contributed by atoms with Crippen molar-refractivity contribution in [1.29, 1.82) is 0 Å². The van der Waals surface area contributed by atoms with Crippen LogP contribution in [0.1, 0.15) is 5.56 Å². The molecule has 0 radical (unpaired) electrons. The lowest BCUT2D eigenvalue weighted by Gasteiger charge is -2.24. The van der Waals surface area contributed by atoms with Crippen LogP contribution in [0.4, 0.5) is 5.69 Å². The van der Waals surface area contributed by atoms with Crippen LogP contribution >= 0.6 is 23.2 Å². The highest BCUT2D eigenvalue weighted by Gasteiger charge is 2.27. The smallest absolute Gasteiger partial charge is 0.264 e. The van der Waals surface area contributed by atoms with Gasteiger partial charge in [-0.1, -0.05) is 41.4 Å². The average Bonchev–Trinajstić information content (AvgIpc) is 2.75. The van der Waals surface area contributed by atoms with Gasteiger partial charge in [-0.05, 0) is 48.0 Å². The van der Waals surface area contributed by atoms with Crippen molar-refractivity contribution in [3.63, 3.8) is 0 Å². The molecule has 0 fully saturated rings. The van der Waals surface area contributed by atoms with E-state index >= 15 is 0 Å². The van der Waals surface area contributed by atoms with Crippen LogP contribution in [0.2, 0.25) is 10.0 Å². The van der Waals surface area contributed by atoms with Gasteiger partial charge in [0.05, 0.1) is 26.8 Å². The minimum atomic E-state index is -4.05. The molecule has 0 aliphatic carbocycles. The minimum Gasteiger partial charge on any atom is -0.271 e. The predicted octanol–water partition coefficient (Wildman–Crippen LogP) is 3.73. The van der Waals surface area contributed by atoms with Crippen molar-refractivity contribution in [2.24, 2.45) is 5.10 Å². The van der Waals surface area contributed by atoms with E-state index in [1.807, 2.05) is 0 Å². The number of benzene rings is 2. The van der Waals surface area contributed by atoms with Crippen LogP contribution < -0.4 is 9.73 Å². The highest BCUT2D eigenvalue weighted by molar-refractivity contribution is 7.92. The molecule has 0 unspecified atom stereocenters. The van der Waals surface area contributed by atoms with Gasteiger partial charge in [-0.3, -0.25) is 14.1 Å². The van der Waals surface area contributed by atoms with Crippen molar-refractivity contribution in [3.8, 4) is 0 Å². The Balaban J connectivity index is 1.87. The first-order chi connectivity index (χ1) is 14.4. The van der Waals surface area contributed by atoms with Crippen LogP contribution in [0.3, 0.4) is 0 Å². The third-order valence-corrected chi connectivity index (χ3v) is 6.45. The maximum Gasteiger partial charge on any atom is 0.264 e. The number of hydrogen-bond acceptors (Lipinski definition) is 5. The molecule has 0 saturated carbocycles. The molecule has 7 nitrogen and oxygen atoms in total. The number of nitrogens with one attached hydrogen (secondary N) is 1. The molecule has 0 spiro atoms. The molecule has 0 atom stereocenters. The van der Waals surface area contributed by atoms with Gasteiger partial charge >= 0.3 is 0 Å². The summed E-state index contributed by atoms with van der Waals surface area (Å²) in [6.45, 7) is -0.511. The van der Waals surface area contributed by atoms with Gasteiger partial charge in [-0.25, -0.2) is 13.8 Å². The van der Waals surface area contributed by atoms with E-state index in [1.165, 1.54) is 36.5 Å². The fourth-order valence-corrected chi connectivity index (χ4v) is 4.20. The molecule has 1 N–H and O–H groups in total. The Hall–Kier alpha value is -2.94. The van der Waals surface area contributed by atoms with Gasteiger partial charge < -0.3 is 0 Å². The summed E-state index contributed by atoms with van der Waals surface area (Å²) >= 11 is 12.0. The minimum absolute atomic E-state index is 0.0316. The molecule has 10 heteroatoms. The van der Waals surface area contributed by atoms with E-state index in [2.05, 4.69) is 15.5 Å². The standard InChI is InChI=1S/C20H16Cl2N4O3S/c21-18-7-6-16(12-19(18)22)26(30(28,29)17-4-2-1-3-5-17)14-20(27)25-24-13-15-8-10-23-11-9-15/h1-13H,14H2,(H,25,27)/b24-13-. The SMILES string of the molecule is O=C(CN(c1ccc(Cl)c(Cl)c1)S(=O)(=O)c1ccccc1)N/N=C\c1ccncc1. The van der Waals surface area contributed by atoms with Crippen LogP contribution in [0.25, 0.3) is 0 Å². The topological polar surface area (TPSA) is 91.7 Å². The number of hydrogen-bond donors (Lipinski definition) is 1. The fourth-order valence-electron chi connectivity index (χ4n) is 2.47. The third kappa shape index (κ3) is 5.35. The molecule has 3 aromatic rings. The molecular weight excluding hydrogens is 447 g/mol. The van der Waals surface area contributed by atoms with Crippen LogP contribution in [0.15, 0.2) is 83.1 Å². The number of pyridine rings is 1. The third-order valence-electron chi connectivity index (χ3n) is 3.92. The lowest BCUT2D eigenvalue weighted by molar-refractivity contribution is -0.119. The predicted molar refractivity (Wildman–Crippen MR) is 117 cm³/mol. The summed E-state index contributed by atoms with van der Waals surface area (Å²) in [4.78, 5) is 16.4. The molecule has 0 aliphatic heterocycles. The van der Waals surface area contributed by atoms with Crippen molar-refractivity contribution >= 4 is 51.0 Å². The van der Waals surface area contributed by atoms with E-state index < -0.39 is 22.5 Å². The van der Waals surface area contributed by atoms with Crippen LogP contribution in [0, 0.1) is 0 Å². The second-order valence-electron chi connectivity index (χ2n) is 6.00. The zero-order chi connectivity index (χ0) is 21.6. The number of anilines is 1. The molecule has 0 aliphatic rings. The molecule has 0 bridgehead atoms. The second-order valence-corrected chi connectivity index (χ2v) is 8.67. The van der Waals surface area contributed by atoms with Gasteiger partial charge in [0.25, 0.3) is 15.9 Å². The number of nitrogens with zero attached hydrogens (tertiary/aromatic N) is 3. The van der Waals surface area contributed by atoms with E-state index in [1.54, 1.807) is 42.7 Å². The normalized spacial score (nSPS) is 11.4. The lowest BCUT2D eigenvalue weighted by atomic mass is 10.3. The molecule has 2 aromatic carbocycles. The number of sulfonamides is 1. The lowest BCUT2D eigenvalue weighted by Crippen LogP contribution is -2.39. The summed E-state index contributed by atoms with van der Waals surface area (Å²) in [6, 6.07) is 15.5. The van der Waals surface area contributed by atoms with E-state index in [0.717, 1.165) is 9.87 Å². The summed E-state index contributed by atoms with van der Waals surface area (Å²) in [7, 11) is -4.05. The summed E-state index contributed by atoms with van der Waals surface area (Å²) in [5.74, 6) is -0.633. The summed E-state index contributed by atoms with van der Waals surface area (Å²) in [5.41, 5.74) is 3.25. The monoisotopic (exact) mass is 462 g/mol. The molecule has 1 heterocycles. The summed E-state index contributed by atoms with van der Waals surface area (Å²) < 4.78 is 27.3. The maximum atomic E-state index is 13.2. The number of halogens is 2. The Labute approximate surface area is 184 Å². The first kappa shape index (κ1) is 21.8. The van der Waals surface area contributed by atoms with Gasteiger partial charge in [-0.15, -0.1) is 0 Å². The Morgan fingerprint density at radius 3 is 2.40 bits per heavy atom. The summed E-state index contributed by atoms with van der Waals surface area (Å²) in [6.07, 6.45) is 4.60. The number of hydrazone groups is 1. The van der Waals surface area contributed by atoms with Crippen LogP contribution in [-0.2, 0) is 14.8 Å². The molecule has 0 saturated heterocycles. The second kappa shape index (κ2) is 9.71. The fraction of sp³-hybridized carbons (Fsp3) is 0.0500. The zero-order valence-corrected chi connectivity index (χ0v) is 17.8. The first-order valence-corrected chi connectivity index (χ1v) is 10.8. The number of aromatic nitrogens is 1. The van der Waals surface area contributed by atoms with Gasteiger partial charge in [0.15, 0.2) is 0 Å². The maximum absolute atomic E-state index is 13.2. The Morgan fingerprint density at radius 2 is 1.73 bits per heavy atom. The average molecular weight is 463 g/mol. The van der Waals surface area contributed by atoms with Crippen LogP contribution in [-0.4, -0.2) is 32.1 Å². The molecule has 154 valence electrons. The van der Waals surface area contributed by atoms with Gasteiger partial charge in [0, 0.05) is 12.4 Å². The van der Waals surface area contributed by atoms with E-state index in [4.69, 9.17) is 23.2 Å². The van der Waals surface area contributed by atoms with Crippen molar-refractivity contribution in [2.75, 3.05) is 10.8 Å². The van der Waals surface area contributed by atoms with Crippen molar-refractivity contribution in [2.45, 2.75) is 4.90 Å². The molecule has 3 rings (SSSR count). The number of amides is 1. The zero-order valence-electron chi connectivity index (χ0n) is 15.4. The van der Waals surface area contributed by atoms with Gasteiger partial charge in [0.2, 0.25) is 0 Å². The van der Waals surface area contributed by atoms with Gasteiger partial charge in [0.1, 0.15) is 6.54 Å². The van der Waals surface area contributed by atoms with Crippen LogP contribution in [0.5, 0.6) is 0 Å². The van der Waals surface area contributed by atoms with E-state index in [0.29, 0.717) is 0 Å². The van der Waals surface area contributed by atoms with E-state index in [-0.39, 0.29) is 20.6 Å². The van der Waals surface area contributed by atoms with Crippen molar-refractivity contribution < 1.29 is 13.2 Å². The molecule has 1 aromatic heterocycles. The number of rotatable bonds is 7. The Kier molecular flexibility index (Phi) is 7.04. The molecule has 30 heavy (non-hydrogen) atoms. The van der Waals surface area contributed by atoms with Crippen molar-refractivity contribution in [3.05, 3.63) is 88.7 Å². The molecule has 1 amide bonds. The largest absolute Gasteiger partial charge is 0.271 e. The summed E-state index contributed by atoms with van der Waals surface area (Å²) in [5, 5.41) is 4.29. The Bertz CT molecular complexity index is 1160.